The number of thiophene rings is 1. The molecule has 19 heavy (non-hydrogen) atoms. The SMILES string of the molecule is CC1(C(=O)Nc2sc3c(c2C#N)CCC3)CCCN1. The Hall–Kier alpha value is -1.38. The van der Waals surface area contributed by atoms with Crippen molar-refractivity contribution in [3.05, 3.63) is 16.0 Å². The van der Waals surface area contributed by atoms with Gasteiger partial charge in [0.25, 0.3) is 0 Å². The highest BCUT2D eigenvalue weighted by molar-refractivity contribution is 7.16. The van der Waals surface area contributed by atoms with Crippen LogP contribution in [0.2, 0.25) is 0 Å². The van der Waals surface area contributed by atoms with E-state index in [1.807, 2.05) is 6.92 Å². The minimum absolute atomic E-state index is 0.0126. The molecule has 2 heterocycles. The second kappa shape index (κ2) is 4.62. The molecule has 5 heteroatoms. The monoisotopic (exact) mass is 275 g/mol. The minimum Gasteiger partial charge on any atom is -0.315 e. The van der Waals surface area contributed by atoms with Crippen molar-refractivity contribution in [3.8, 4) is 6.07 Å². The van der Waals surface area contributed by atoms with Gasteiger partial charge in [0.05, 0.1) is 11.1 Å². The summed E-state index contributed by atoms with van der Waals surface area (Å²) >= 11 is 1.58. The summed E-state index contributed by atoms with van der Waals surface area (Å²) in [7, 11) is 0. The van der Waals surface area contributed by atoms with E-state index in [1.165, 1.54) is 4.88 Å². The van der Waals surface area contributed by atoms with E-state index in [0.29, 0.717) is 5.56 Å². The number of fused-ring (bicyclic) bond motifs is 1. The fraction of sp³-hybridized carbons (Fsp3) is 0.571. The van der Waals surface area contributed by atoms with Crippen molar-refractivity contribution in [2.45, 2.75) is 44.6 Å². The van der Waals surface area contributed by atoms with Gasteiger partial charge >= 0.3 is 0 Å². The maximum Gasteiger partial charge on any atom is 0.245 e. The molecule has 1 fully saturated rings. The summed E-state index contributed by atoms with van der Waals surface area (Å²) in [5, 5.41) is 16.3. The predicted molar refractivity (Wildman–Crippen MR) is 75.3 cm³/mol. The van der Waals surface area contributed by atoms with Crippen LogP contribution in [0.4, 0.5) is 5.00 Å². The minimum atomic E-state index is -0.485. The van der Waals surface area contributed by atoms with Gasteiger partial charge in [-0.05, 0) is 51.1 Å². The first-order valence-corrected chi connectivity index (χ1v) is 7.57. The molecule has 0 aromatic carbocycles. The molecule has 100 valence electrons. The molecule has 1 atom stereocenters. The van der Waals surface area contributed by atoms with E-state index in [9.17, 15) is 10.1 Å². The summed E-state index contributed by atoms with van der Waals surface area (Å²) in [5.74, 6) is -0.0126. The third kappa shape index (κ3) is 2.05. The van der Waals surface area contributed by atoms with Crippen molar-refractivity contribution in [3.63, 3.8) is 0 Å². The Balaban J connectivity index is 1.84. The number of carbonyl (C=O) groups excluding carboxylic acids is 1. The lowest BCUT2D eigenvalue weighted by Crippen LogP contribution is -2.47. The van der Waals surface area contributed by atoms with Crippen LogP contribution in [-0.2, 0) is 17.6 Å². The Morgan fingerprint density at radius 3 is 3.00 bits per heavy atom. The summed E-state index contributed by atoms with van der Waals surface area (Å²) in [4.78, 5) is 13.6. The molecular formula is C14H17N3OS. The summed E-state index contributed by atoms with van der Waals surface area (Å²) in [6, 6.07) is 2.26. The van der Waals surface area contributed by atoms with Gasteiger partial charge in [0.2, 0.25) is 5.91 Å². The average Bonchev–Trinajstić information content (AvgIpc) is 3.05. The molecule has 1 amide bonds. The maximum atomic E-state index is 12.4. The Morgan fingerprint density at radius 1 is 1.47 bits per heavy atom. The fourth-order valence-corrected chi connectivity index (χ4v) is 4.17. The molecular weight excluding hydrogens is 258 g/mol. The summed E-state index contributed by atoms with van der Waals surface area (Å²) in [5.41, 5.74) is 1.36. The van der Waals surface area contributed by atoms with Crippen LogP contribution in [0.1, 0.15) is 42.2 Å². The molecule has 0 bridgehead atoms. The van der Waals surface area contributed by atoms with Gasteiger partial charge in [-0.3, -0.25) is 4.79 Å². The highest BCUT2D eigenvalue weighted by Gasteiger charge is 2.36. The van der Waals surface area contributed by atoms with Crippen LogP contribution in [0.3, 0.4) is 0 Å². The molecule has 1 aliphatic heterocycles. The second-order valence-electron chi connectivity index (χ2n) is 5.49. The predicted octanol–water partition coefficient (Wildman–Crippen LogP) is 2.19. The molecule has 1 unspecified atom stereocenters. The third-order valence-electron chi connectivity index (χ3n) is 4.13. The number of amides is 1. The van der Waals surface area contributed by atoms with Gasteiger partial charge in [0, 0.05) is 4.88 Å². The number of nitrogens with zero attached hydrogens (tertiary/aromatic N) is 1. The van der Waals surface area contributed by atoms with Gasteiger partial charge in [-0.1, -0.05) is 0 Å². The van der Waals surface area contributed by atoms with Crippen LogP contribution in [0.25, 0.3) is 0 Å². The first kappa shape index (κ1) is 12.6. The van der Waals surface area contributed by atoms with Crippen molar-refractivity contribution in [2.24, 2.45) is 0 Å². The number of nitriles is 1. The molecule has 4 nitrogen and oxygen atoms in total. The third-order valence-corrected chi connectivity index (χ3v) is 5.34. The Bertz CT molecular complexity index is 564. The lowest BCUT2D eigenvalue weighted by Gasteiger charge is -2.22. The standard InChI is InChI=1S/C14H17N3OS/c1-14(6-3-7-16-14)13(18)17-12-10(8-15)9-4-2-5-11(9)19-12/h16H,2-7H2,1H3,(H,17,18). The highest BCUT2D eigenvalue weighted by Crippen LogP contribution is 2.39. The van der Waals surface area contributed by atoms with Crippen molar-refractivity contribution < 1.29 is 4.79 Å². The Kier molecular flexibility index (Phi) is 3.08. The lowest BCUT2D eigenvalue weighted by molar-refractivity contribution is -0.121. The van der Waals surface area contributed by atoms with Crippen molar-refractivity contribution in [1.29, 1.82) is 5.26 Å². The van der Waals surface area contributed by atoms with Crippen LogP contribution in [0.5, 0.6) is 0 Å². The smallest absolute Gasteiger partial charge is 0.245 e. The van der Waals surface area contributed by atoms with Gasteiger partial charge in [-0.15, -0.1) is 11.3 Å². The van der Waals surface area contributed by atoms with E-state index in [-0.39, 0.29) is 5.91 Å². The summed E-state index contributed by atoms with van der Waals surface area (Å²) in [6.45, 7) is 2.82. The molecule has 3 rings (SSSR count). The van der Waals surface area contributed by atoms with Crippen LogP contribution < -0.4 is 10.6 Å². The Morgan fingerprint density at radius 2 is 2.32 bits per heavy atom. The topological polar surface area (TPSA) is 64.9 Å². The molecule has 2 aliphatic rings. The number of rotatable bonds is 2. The Labute approximate surface area is 116 Å². The van der Waals surface area contributed by atoms with Crippen LogP contribution in [0.15, 0.2) is 0 Å². The highest BCUT2D eigenvalue weighted by atomic mass is 32.1. The zero-order valence-electron chi connectivity index (χ0n) is 11.0. The molecule has 0 spiro atoms. The van der Waals surface area contributed by atoms with E-state index in [1.54, 1.807) is 11.3 Å². The lowest BCUT2D eigenvalue weighted by atomic mass is 9.99. The van der Waals surface area contributed by atoms with Crippen molar-refractivity contribution in [1.82, 2.24) is 5.32 Å². The van der Waals surface area contributed by atoms with E-state index in [0.717, 1.165) is 49.2 Å². The normalized spacial score (nSPS) is 25.1. The molecule has 1 aromatic heterocycles. The van der Waals surface area contributed by atoms with Crippen LogP contribution in [-0.4, -0.2) is 18.0 Å². The number of aryl methyl sites for hydroxylation is 1. The number of anilines is 1. The average molecular weight is 275 g/mol. The van der Waals surface area contributed by atoms with Gasteiger partial charge in [0.15, 0.2) is 0 Å². The molecule has 1 aromatic rings. The van der Waals surface area contributed by atoms with Crippen LogP contribution >= 0.6 is 11.3 Å². The van der Waals surface area contributed by atoms with Crippen molar-refractivity contribution >= 4 is 22.2 Å². The van der Waals surface area contributed by atoms with E-state index < -0.39 is 5.54 Å². The van der Waals surface area contributed by atoms with Gasteiger partial charge in [-0.2, -0.15) is 5.26 Å². The summed E-state index contributed by atoms with van der Waals surface area (Å²) in [6.07, 6.45) is 5.02. The number of carbonyl (C=O) groups is 1. The molecule has 1 saturated heterocycles. The second-order valence-corrected chi connectivity index (χ2v) is 6.60. The van der Waals surface area contributed by atoms with Gasteiger partial charge in [0.1, 0.15) is 11.1 Å². The fourth-order valence-electron chi connectivity index (χ4n) is 2.94. The molecule has 2 N–H and O–H groups in total. The number of hydrogen-bond acceptors (Lipinski definition) is 4. The van der Waals surface area contributed by atoms with E-state index in [4.69, 9.17) is 0 Å². The molecule has 1 aliphatic carbocycles. The zero-order chi connectivity index (χ0) is 13.5. The quantitative estimate of drug-likeness (QED) is 0.869. The first-order valence-electron chi connectivity index (χ1n) is 6.75. The van der Waals surface area contributed by atoms with E-state index in [2.05, 4.69) is 16.7 Å². The number of nitrogens with one attached hydrogen (secondary N) is 2. The first-order chi connectivity index (χ1) is 9.14. The van der Waals surface area contributed by atoms with E-state index >= 15 is 0 Å². The van der Waals surface area contributed by atoms with Crippen molar-refractivity contribution in [2.75, 3.05) is 11.9 Å². The molecule has 0 radical (unpaired) electrons. The summed E-state index contributed by atoms with van der Waals surface area (Å²) < 4.78 is 0. The molecule has 0 saturated carbocycles. The van der Waals surface area contributed by atoms with Crippen LogP contribution in [0, 0.1) is 11.3 Å². The van der Waals surface area contributed by atoms with Gasteiger partial charge in [-0.25, -0.2) is 0 Å². The number of hydrogen-bond donors (Lipinski definition) is 2. The largest absolute Gasteiger partial charge is 0.315 e. The zero-order valence-corrected chi connectivity index (χ0v) is 11.8. The maximum absolute atomic E-state index is 12.4. The van der Waals surface area contributed by atoms with Gasteiger partial charge < -0.3 is 10.6 Å².